The highest BCUT2D eigenvalue weighted by molar-refractivity contribution is 7.89. The van der Waals surface area contributed by atoms with Gasteiger partial charge in [-0.25, -0.2) is 18.4 Å². The van der Waals surface area contributed by atoms with Gasteiger partial charge in [-0.2, -0.15) is 4.31 Å². The normalized spacial score (nSPS) is 19.5. The Bertz CT molecular complexity index is 1350. The first-order valence-electron chi connectivity index (χ1n) is 14.0. The lowest BCUT2D eigenvalue weighted by molar-refractivity contribution is 0.141. The smallest absolute Gasteiger partial charge is 0.243 e. The van der Waals surface area contributed by atoms with Crippen molar-refractivity contribution in [3.63, 3.8) is 0 Å². The van der Waals surface area contributed by atoms with E-state index in [1.807, 2.05) is 24.3 Å². The molecule has 1 aliphatic heterocycles. The summed E-state index contributed by atoms with van der Waals surface area (Å²) in [5.41, 5.74) is 2.06. The van der Waals surface area contributed by atoms with Crippen molar-refractivity contribution >= 4 is 26.7 Å². The number of fused-ring (bicyclic) bond motifs is 1. The number of rotatable bonds is 6. The molecule has 204 valence electrons. The van der Waals surface area contributed by atoms with Gasteiger partial charge in [0.2, 0.25) is 10.0 Å². The van der Waals surface area contributed by atoms with Crippen LogP contribution in [0.15, 0.2) is 53.4 Å². The van der Waals surface area contributed by atoms with Crippen molar-refractivity contribution in [3.8, 4) is 0 Å². The second-order valence-electron chi connectivity index (χ2n) is 11.8. The van der Waals surface area contributed by atoms with E-state index in [2.05, 4.69) is 50.0 Å². The number of piperazine rings is 1. The molecule has 1 saturated carbocycles. The largest absolute Gasteiger partial charge is 0.367 e. The summed E-state index contributed by atoms with van der Waals surface area (Å²) in [4.78, 5) is 12.6. The molecule has 1 saturated heterocycles. The molecule has 2 fully saturated rings. The first-order chi connectivity index (χ1) is 18.1. The summed E-state index contributed by atoms with van der Waals surface area (Å²) in [6.07, 6.45) is 6.20. The number of sulfonamides is 1. The second-order valence-corrected chi connectivity index (χ2v) is 13.8. The van der Waals surface area contributed by atoms with Crippen LogP contribution in [0.1, 0.15) is 77.2 Å². The summed E-state index contributed by atoms with van der Waals surface area (Å²) in [5.74, 6) is 1.71. The highest BCUT2D eigenvalue weighted by Gasteiger charge is 2.31. The molecule has 5 rings (SSSR count). The second kappa shape index (κ2) is 10.9. The Morgan fingerprint density at radius 1 is 0.895 bits per heavy atom. The summed E-state index contributed by atoms with van der Waals surface area (Å²) in [6.45, 7) is 10.7. The fourth-order valence-corrected chi connectivity index (χ4v) is 7.02. The Morgan fingerprint density at radius 2 is 1.55 bits per heavy atom. The molecule has 1 atom stereocenters. The minimum Gasteiger partial charge on any atom is -0.367 e. The highest BCUT2D eigenvalue weighted by atomic mass is 32.2. The Balaban J connectivity index is 1.30. The molecule has 7 nitrogen and oxygen atoms in total. The fraction of sp³-hybridized carbons (Fsp3) is 0.533. The van der Waals surface area contributed by atoms with Gasteiger partial charge in [-0.1, -0.05) is 64.3 Å². The van der Waals surface area contributed by atoms with Gasteiger partial charge in [-0.15, -0.1) is 0 Å². The van der Waals surface area contributed by atoms with Crippen molar-refractivity contribution in [1.29, 1.82) is 0 Å². The zero-order valence-electron chi connectivity index (χ0n) is 23.2. The predicted octanol–water partition coefficient (Wildman–Crippen LogP) is 5.74. The quantitative estimate of drug-likeness (QED) is 0.434. The third-order valence-corrected chi connectivity index (χ3v) is 10.0. The third kappa shape index (κ3) is 5.72. The zero-order chi connectivity index (χ0) is 26.9. The number of anilines is 1. The Hall–Kier alpha value is -2.55. The van der Waals surface area contributed by atoms with Crippen LogP contribution in [0.2, 0.25) is 0 Å². The van der Waals surface area contributed by atoms with Crippen molar-refractivity contribution in [1.82, 2.24) is 19.2 Å². The van der Waals surface area contributed by atoms with E-state index in [1.165, 1.54) is 32.1 Å². The molecule has 2 aliphatic rings. The number of benzene rings is 2. The van der Waals surface area contributed by atoms with Gasteiger partial charge in [0, 0.05) is 37.6 Å². The van der Waals surface area contributed by atoms with Crippen LogP contribution in [0.5, 0.6) is 0 Å². The SMILES string of the molecule is C[C@@H](c1nc(NC2CCCCC2)c2ccccc2n1)N1CCN(S(=O)(=O)c2ccc(C(C)(C)C)cc2)CC1. The van der Waals surface area contributed by atoms with Crippen LogP contribution in [0.25, 0.3) is 10.9 Å². The highest BCUT2D eigenvalue weighted by Crippen LogP contribution is 2.30. The Morgan fingerprint density at radius 3 is 2.21 bits per heavy atom. The molecule has 2 aromatic carbocycles. The van der Waals surface area contributed by atoms with Gasteiger partial charge >= 0.3 is 0 Å². The van der Waals surface area contributed by atoms with Gasteiger partial charge in [-0.05, 0) is 55.0 Å². The summed E-state index contributed by atoms with van der Waals surface area (Å²) >= 11 is 0. The summed E-state index contributed by atoms with van der Waals surface area (Å²) in [6, 6.07) is 16.0. The minimum absolute atomic E-state index is 0.0116. The van der Waals surface area contributed by atoms with Crippen molar-refractivity contribution in [3.05, 3.63) is 59.9 Å². The maximum absolute atomic E-state index is 13.3. The van der Waals surface area contributed by atoms with E-state index in [0.29, 0.717) is 37.1 Å². The van der Waals surface area contributed by atoms with Crippen LogP contribution >= 0.6 is 0 Å². The van der Waals surface area contributed by atoms with Gasteiger partial charge < -0.3 is 5.32 Å². The fourth-order valence-electron chi connectivity index (χ4n) is 5.60. The van der Waals surface area contributed by atoms with Crippen LogP contribution in [-0.4, -0.2) is 59.8 Å². The molecule has 0 spiro atoms. The maximum atomic E-state index is 13.3. The van der Waals surface area contributed by atoms with E-state index in [0.717, 1.165) is 28.1 Å². The van der Waals surface area contributed by atoms with E-state index in [4.69, 9.17) is 9.97 Å². The lowest BCUT2D eigenvalue weighted by atomic mass is 9.87. The number of para-hydroxylation sites is 1. The van der Waals surface area contributed by atoms with Crippen molar-refractivity contribution in [2.75, 3.05) is 31.5 Å². The zero-order valence-corrected chi connectivity index (χ0v) is 24.0. The molecule has 0 unspecified atom stereocenters. The Kier molecular flexibility index (Phi) is 7.76. The molecule has 8 heteroatoms. The third-order valence-electron chi connectivity index (χ3n) is 8.12. The number of aromatic nitrogens is 2. The number of nitrogens with one attached hydrogen (secondary N) is 1. The molecule has 38 heavy (non-hydrogen) atoms. The number of nitrogens with zero attached hydrogens (tertiary/aromatic N) is 4. The predicted molar refractivity (Wildman–Crippen MR) is 154 cm³/mol. The lowest BCUT2D eigenvalue weighted by Gasteiger charge is -2.37. The average Bonchev–Trinajstić information content (AvgIpc) is 2.93. The Labute approximate surface area is 227 Å². The van der Waals surface area contributed by atoms with Crippen LogP contribution in [-0.2, 0) is 15.4 Å². The van der Waals surface area contributed by atoms with Crippen LogP contribution in [0.3, 0.4) is 0 Å². The molecule has 0 radical (unpaired) electrons. The van der Waals surface area contributed by atoms with Crippen molar-refractivity contribution in [2.45, 2.75) is 82.2 Å². The van der Waals surface area contributed by atoms with E-state index in [9.17, 15) is 8.42 Å². The van der Waals surface area contributed by atoms with E-state index in [-0.39, 0.29) is 11.5 Å². The lowest BCUT2D eigenvalue weighted by Crippen LogP contribution is -2.49. The standard InChI is InChI=1S/C30H41N5O2S/c1-22(28-32-27-13-9-8-12-26(27)29(33-28)31-24-10-6-5-7-11-24)34-18-20-35(21-19-34)38(36,37)25-16-14-23(15-17-25)30(2,3)4/h8-9,12-17,22,24H,5-7,10-11,18-21H2,1-4H3,(H,31,32,33)/t22-/m0/s1. The molecule has 0 bridgehead atoms. The van der Waals surface area contributed by atoms with Crippen molar-refractivity contribution in [2.24, 2.45) is 0 Å². The van der Waals surface area contributed by atoms with Gasteiger partial charge in [-0.3, -0.25) is 4.90 Å². The maximum Gasteiger partial charge on any atom is 0.243 e. The molecular weight excluding hydrogens is 494 g/mol. The van der Waals surface area contributed by atoms with Crippen molar-refractivity contribution < 1.29 is 8.42 Å². The molecule has 1 N–H and O–H groups in total. The summed E-state index contributed by atoms with van der Waals surface area (Å²) < 4.78 is 28.3. The molecule has 1 aromatic heterocycles. The van der Waals surface area contributed by atoms with Crippen LogP contribution in [0.4, 0.5) is 5.82 Å². The first kappa shape index (κ1) is 27.0. The van der Waals surface area contributed by atoms with Crippen LogP contribution < -0.4 is 5.32 Å². The average molecular weight is 536 g/mol. The number of hydrogen-bond acceptors (Lipinski definition) is 6. The van der Waals surface area contributed by atoms with Gasteiger partial charge in [0.15, 0.2) is 0 Å². The van der Waals surface area contributed by atoms with Crippen LogP contribution in [0, 0.1) is 0 Å². The van der Waals surface area contributed by atoms with E-state index >= 15 is 0 Å². The van der Waals surface area contributed by atoms with E-state index < -0.39 is 10.0 Å². The minimum atomic E-state index is -3.52. The summed E-state index contributed by atoms with van der Waals surface area (Å²) in [5, 5.41) is 4.78. The van der Waals surface area contributed by atoms with E-state index in [1.54, 1.807) is 16.4 Å². The number of hydrogen-bond donors (Lipinski definition) is 1. The molecule has 0 amide bonds. The van der Waals surface area contributed by atoms with Gasteiger partial charge in [0.1, 0.15) is 11.6 Å². The molecule has 1 aliphatic carbocycles. The molecular formula is C30H41N5O2S. The first-order valence-corrected chi connectivity index (χ1v) is 15.4. The van der Waals surface area contributed by atoms with Gasteiger partial charge in [0.05, 0.1) is 16.5 Å². The van der Waals surface area contributed by atoms with Gasteiger partial charge in [0.25, 0.3) is 0 Å². The molecule has 2 heterocycles. The topological polar surface area (TPSA) is 78.4 Å². The monoisotopic (exact) mass is 535 g/mol. The summed E-state index contributed by atoms with van der Waals surface area (Å²) in [7, 11) is -3.52. The molecule has 3 aromatic rings.